The Hall–Kier alpha value is -2.84. The van der Waals surface area contributed by atoms with E-state index in [9.17, 15) is 19.3 Å². The van der Waals surface area contributed by atoms with Crippen LogP contribution < -0.4 is 5.32 Å². The number of nitro groups is 1. The van der Waals surface area contributed by atoms with Crippen molar-refractivity contribution in [1.29, 1.82) is 0 Å². The highest BCUT2D eigenvalue weighted by molar-refractivity contribution is 5.94. The first kappa shape index (κ1) is 13.6. The van der Waals surface area contributed by atoms with Crippen LogP contribution in [0, 0.1) is 15.9 Å². The maximum atomic E-state index is 13.4. The maximum absolute atomic E-state index is 13.4. The third-order valence-electron chi connectivity index (χ3n) is 2.52. The molecule has 2 aromatic rings. The minimum Gasteiger partial charge on any atom is -0.352 e. The molecule has 1 aromatic carbocycles. The van der Waals surface area contributed by atoms with Crippen LogP contribution in [-0.4, -0.2) is 32.6 Å². The molecule has 0 aliphatic heterocycles. The summed E-state index contributed by atoms with van der Waals surface area (Å²) in [6.45, 7) is 0.284. The standard InChI is InChI=1S/C11H10FN5O3/c12-8-5-7(1-2-9(8)17(19)20)11(18)13-4-3-10-14-6-15-16-10/h1-2,5-6H,3-4H2,(H,13,18)(H,14,15,16). The molecular weight excluding hydrogens is 269 g/mol. The number of H-pyrrole nitrogens is 1. The molecule has 2 N–H and O–H groups in total. The molecule has 2 rings (SSSR count). The second-order valence-corrected chi connectivity index (χ2v) is 3.86. The first-order valence-electron chi connectivity index (χ1n) is 5.64. The smallest absolute Gasteiger partial charge is 0.304 e. The zero-order chi connectivity index (χ0) is 14.5. The van der Waals surface area contributed by atoms with Crippen molar-refractivity contribution < 1.29 is 14.1 Å². The highest BCUT2D eigenvalue weighted by atomic mass is 19.1. The van der Waals surface area contributed by atoms with Crippen LogP contribution in [0.3, 0.4) is 0 Å². The van der Waals surface area contributed by atoms with E-state index in [0.717, 1.165) is 12.1 Å². The lowest BCUT2D eigenvalue weighted by molar-refractivity contribution is -0.387. The summed E-state index contributed by atoms with van der Waals surface area (Å²) in [4.78, 5) is 25.2. The van der Waals surface area contributed by atoms with Gasteiger partial charge >= 0.3 is 5.69 Å². The molecule has 0 atom stereocenters. The molecule has 0 saturated heterocycles. The Morgan fingerprint density at radius 2 is 2.30 bits per heavy atom. The Balaban J connectivity index is 1.95. The molecule has 0 bridgehead atoms. The van der Waals surface area contributed by atoms with E-state index in [1.54, 1.807) is 0 Å². The SMILES string of the molecule is O=C(NCCc1ncn[nH]1)c1ccc([N+](=O)[O-])c(F)c1. The summed E-state index contributed by atoms with van der Waals surface area (Å²) in [5.74, 6) is -0.948. The van der Waals surface area contributed by atoms with E-state index >= 15 is 0 Å². The lowest BCUT2D eigenvalue weighted by Crippen LogP contribution is -2.26. The van der Waals surface area contributed by atoms with Gasteiger partial charge in [-0.05, 0) is 12.1 Å². The number of amides is 1. The largest absolute Gasteiger partial charge is 0.352 e. The predicted octanol–water partition coefficient (Wildman–Crippen LogP) is 0.824. The van der Waals surface area contributed by atoms with Crippen molar-refractivity contribution in [2.45, 2.75) is 6.42 Å². The van der Waals surface area contributed by atoms with Gasteiger partial charge in [0.2, 0.25) is 5.82 Å². The first-order valence-corrected chi connectivity index (χ1v) is 5.64. The zero-order valence-electron chi connectivity index (χ0n) is 10.2. The van der Waals surface area contributed by atoms with Crippen molar-refractivity contribution in [2.75, 3.05) is 6.54 Å². The number of nitrogens with one attached hydrogen (secondary N) is 2. The Morgan fingerprint density at radius 1 is 1.50 bits per heavy atom. The number of carbonyl (C=O) groups excluding carboxylic acids is 1. The van der Waals surface area contributed by atoms with Crippen LogP contribution in [0.1, 0.15) is 16.2 Å². The second kappa shape index (κ2) is 5.87. The highest BCUT2D eigenvalue weighted by Crippen LogP contribution is 2.17. The third kappa shape index (κ3) is 3.13. The average molecular weight is 279 g/mol. The number of hydrogen-bond acceptors (Lipinski definition) is 5. The van der Waals surface area contributed by atoms with Crippen LogP contribution in [0.15, 0.2) is 24.5 Å². The lowest BCUT2D eigenvalue weighted by atomic mass is 10.2. The van der Waals surface area contributed by atoms with Gasteiger partial charge in [-0.2, -0.15) is 9.49 Å². The van der Waals surface area contributed by atoms with Crippen molar-refractivity contribution in [1.82, 2.24) is 20.5 Å². The van der Waals surface area contributed by atoms with Crippen molar-refractivity contribution in [2.24, 2.45) is 0 Å². The Kier molecular flexibility index (Phi) is 3.99. The number of nitrogens with zero attached hydrogens (tertiary/aromatic N) is 3. The number of halogens is 1. The molecule has 0 saturated carbocycles. The van der Waals surface area contributed by atoms with E-state index in [2.05, 4.69) is 20.5 Å². The molecule has 1 heterocycles. The van der Waals surface area contributed by atoms with Gasteiger partial charge in [0.25, 0.3) is 5.91 Å². The number of nitro benzene ring substituents is 1. The van der Waals surface area contributed by atoms with E-state index in [4.69, 9.17) is 0 Å². The zero-order valence-corrected chi connectivity index (χ0v) is 10.2. The van der Waals surface area contributed by atoms with E-state index in [1.807, 2.05) is 0 Å². The normalized spacial score (nSPS) is 10.2. The molecule has 0 aliphatic rings. The number of hydrogen-bond donors (Lipinski definition) is 2. The van der Waals surface area contributed by atoms with Crippen LogP contribution in [0.2, 0.25) is 0 Å². The first-order chi connectivity index (χ1) is 9.58. The number of rotatable bonds is 5. The molecule has 1 amide bonds. The van der Waals surface area contributed by atoms with Crippen LogP contribution in [0.25, 0.3) is 0 Å². The predicted molar refractivity (Wildman–Crippen MR) is 65.5 cm³/mol. The number of aromatic nitrogens is 3. The van der Waals surface area contributed by atoms with E-state index in [1.165, 1.54) is 12.4 Å². The van der Waals surface area contributed by atoms with Gasteiger partial charge in [-0.15, -0.1) is 0 Å². The van der Waals surface area contributed by atoms with Crippen LogP contribution in [0.5, 0.6) is 0 Å². The van der Waals surface area contributed by atoms with E-state index in [-0.39, 0.29) is 12.1 Å². The minimum absolute atomic E-state index is 0.0191. The van der Waals surface area contributed by atoms with Gasteiger partial charge in [-0.1, -0.05) is 0 Å². The van der Waals surface area contributed by atoms with Crippen molar-refractivity contribution in [3.63, 3.8) is 0 Å². The molecule has 1 aromatic heterocycles. The van der Waals surface area contributed by atoms with Crippen molar-refractivity contribution in [3.8, 4) is 0 Å². The molecule has 0 spiro atoms. The maximum Gasteiger partial charge on any atom is 0.304 e. The fourth-order valence-corrected chi connectivity index (χ4v) is 1.54. The molecule has 0 unspecified atom stereocenters. The van der Waals surface area contributed by atoms with Gasteiger partial charge in [0.1, 0.15) is 12.2 Å². The number of aromatic amines is 1. The molecule has 0 radical (unpaired) electrons. The lowest BCUT2D eigenvalue weighted by Gasteiger charge is -2.04. The summed E-state index contributed by atoms with van der Waals surface area (Å²) in [5.41, 5.74) is -0.645. The Labute approximate surface area is 112 Å². The monoisotopic (exact) mass is 279 g/mol. The Morgan fingerprint density at radius 3 is 2.90 bits per heavy atom. The summed E-state index contributed by atoms with van der Waals surface area (Å²) in [7, 11) is 0. The molecule has 104 valence electrons. The minimum atomic E-state index is -1.04. The topological polar surface area (TPSA) is 114 Å². The summed E-state index contributed by atoms with van der Waals surface area (Å²) in [6.07, 6.45) is 1.80. The molecule has 20 heavy (non-hydrogen) atoms. The summed E-state index contributed by atoms with van der Waals surface area (Å²) in [5, 5.41) is 19.3. The van der Waals surface area contributed by atoms with E-state index < -0.39 is 22.3 Å². The molecule has 9 heteroatoms. The second-order valence-electron chi connectivity index (χ2n) is 3.86. The van der Waals surface area contributed by atoms with Gasteiger partial charge in [-0.25, -0.2) is 4.98 Å². The van der Waals surface area contributed by atoms with Crippen LogP contribution in [0.4, 0.5) is 10.1 Å². The van der Waals surface area contributed by atoms with Gasteiger partial charge in [0, 0.05) is 24.6 Å². The van der Waals surface area contributed by atoms with Crippen molar-refractivity contribution in [3.05, 3.63) is 51.8 Å². The quantitative estimate of drug-likeness (QED) is 0.621. The highest BCUT2D eigenvalue weighted by Gasteiger charge is 2.16. The number of benzene rings is 1. The Bertz CT molecular complexity index is 629. The van der Waals surface area contributed by atoms with Gasteiger partial charge < -0.3 is 5.32 Å². The average Bonchev–Trinajstić information content (AvgIpc) is 2.91. The van der Waals surface area contributed by atoms with Gasteiger partial charge in [-0.3, -0.25) is 20.0 Å². The summed E-state index contributed by atoms with van der Waals surface area (Å²) in [6, 6.07) is 2.99. The summed E-state index contributed by atoms with van der Waals surface area (Å²) >= 11 is 0. The third-order valence-corrected chi connectivity index (χ3v) is 2.52. The summed E-state index contributed by atoms with van der Waals surface area (Å²) < 4.78 is 13.4. The molecule has 8 nitrogen and oxygen atoms in total. The molecular formula is C11H10FN5O3. The number of carbonyl (C=O) groups is 1. The van der Waals surface area contributed by atoms with Crippen molar-refractivity contribution >= 4 is 11.6 Å². The molecule has 0 fully saturated rings. The van der Waals surface area contributed by atoms with Gasteiger partial charge in [0.15, 0.2) is 0 Å². The van der Waals surface area contributed by atoms with E-state index in [0.29, 0.717) is 12.2 Å². The van der Waals surface area contributed by atoms with Gasteiger partial charge in [0.05, 0.1) is 4.92 Å². The van der Waals surface area contributed by atoms with Crippen LogP contribution in [-0.2, 0) is 6.42 Å². The molecule has 0 aliphatic carbocycles. The fourth-order valence-electron chi connectivity index (χ4n) is 1.54. The van der Waals surface area contributed by atoms with Crippen LogP contribution >= 0.6 is 0 Å². The fraction of sp³-hybridized carbons (Fsp3) is 0.182.